The molecule has 0 bridgehead atoms. The summed E-state index contributed by atoms with van der Waals surface area (Å²) in [5.41, 5.74) is 0.935. The Hall–Kier alpha value is -2.57. The number of imidazole rings is 1. The van der Waals surface area contributed by atoms with Crippen LogP contribution in [0.15, 0.2) is 29.3 Å². The minimum absolute atomic E-state index is 0.137. The van der Waals surface area contributed by atoms with Gasteiger partial charge in [0.2, 0.25) is 0 Å². The van der Waals surface area contributed by atoms with Gasteiger partial charge in [-0.1, -0.05) is 0 Å². The van der Waals surface area contributed by atoms with E-state index in [4.69, 9.17) is 9.52 Å². The molecule has 1 amide bonds. The summed E-state index contributed by atoms with van der Waals surface area (Å²) in [4.78, 5) is 29.6. The molecule has 0 saturated heterocycles. The van der Waals surface area contributed by atoms with Crippen LogP contribution in [0.5, 0.6) is 0 Å². The predicted octanol–water partition coefficient (Wildman–Crippen LogP) is 0.737. The molecule has 7 heteroatoms. The first kappa shape index (κ1) is 12.9. The highest BCUT2D eigenvalue weighted by atomic mass is 16.4. The third kappa shape index (κ3) is 3.21. The number of hydrogen-bond donors (Lipinski definition) is 3. The molecule has 0 aliphatic heterocycles. The van der Waals surface area contributed by atoms with Crippen LogP contribution >= 0.6 is 0 Å². The Morgan fingerprint density at radius 1 is 1.58 bits per heavy atom. The van der Waals surface area contributed by atoms with Crippen molar-refractivity contribution >= 4 is 11.9 Å². The zero-order valence-corrected chi connectivity index (χ0v) is 10.2. The summed E-state index contributed by atoms with van der Waals surface area (Å²) >= 11 is 0. The van der Waals surface area contributed by atoms with Crippen molar-refractivity contribution in [1.29, 1.82) is 0 Å². The first-order valence-electron chi connectivity index (χ1n) is 5.62. The molecule has 2 aromatic heterocycles. The minimum Gasteiger partial charge on any atom is -0.480 e. The molecular formula is C12H13N3O4. The van der Waals surface area contributed by atoms with E-state index in [0.29, 0.717) is 17.0 Å². The maximum atomic E-state index is 11.8. The van der Waals surface area contributed by atoms with Crippen molar-refractivity contribution in [2.75, 3.05) is 0 Å². The van der Waals surface area contributed by atoms with Crippen molar-refractivity contribution in [3.63, 3.8) is 0 Å². The Balaban J connectivity index is 2.04. The molecule has 0 spiro atoms. The zero-order valence-electron chi connectivity index (χ0n) is 10.2. The number of carboxylic acid groups (broad SMARTS) is 1. The van der Waals surface area contributed by atoms with Gasteiger partial charge >= 0.3 is 5.97 Å². The van der Waals surface area contributed by atoms with Gasteiger partial charge in [0.05, 0.1) is 11.9 Å². The van der Waals surface area contributed by atoms with Gasteiger partial charge < -0.3 is 19.8 Å². The van der Waals surface area contributed by atoms with Crippen LogP contribution < -0.4 is 5.32 Å². The Kier molecular flexibility index (Phi) is 3.65. The van der Waals surface area contributed by atoms with Crippen LogP contribution in [0.3, 0.4) is 0 Å². The predicted molar refractivity (Wildman–Crippen MR) is 64.6 cm³/mol. The van der Waals surface area contributed by atoms with Crippen molar-refractivity contribution in [3.8, 4) is 0 Å². The highest BCUT2D eigenvalue weighted by Crippen LogP contribution is 2.07. The molecule has 0 radical (unpaired) electrons. The van der Waals surface area contributed by atoms with Gasteiger partial charge in [0, 0.05) is 18.3 Å². The number of carbonyl (C=O) groups excluding carboxylic acids is 1. The number of aliphatic carboxylic acids is 1. The molecule has 3 N–H and O–H groups in total. The van der Waals surface area contributed by atoms with Gasteiger partial charge in [-0.05, 0) is 13.0 Å². The second-order valence-electron chi connectivity index (χ2n) is 4.09. The monoisotopic (exact) mass is 263 g/mol. The van der Waals surface area contributed by atoms with E-state index in [9.17, 15) is 9.59 Å². The standard InChI is InChI=1S/C12H13N3O4/c1-7-2-8(5-19-7)11(16)15-10(12(17)18)3-9-4-13-6-14-9/h2,4-6,10H,3H2,1H3,(H,13,14)(H,15,16)(H,17,18). The number of furan rings is 1. The molecule has 0 aliphatic rings. The highest BCUT2D eigenvalue weighted by molar-refractivity contribution is 5.96. The van der Waals surface area contributed by atoms with E-state index in [0.717, 1.165) is 0 Å². The van der Waals surface area contributed by atoms with Crippen molar-refractivity contribution in [2.24, 2.45) is 0 Å². The lowest BCUT2D eigenvalue weighted by Crippen LogP contribution is -2.42. The smallest absolute Gasteiger partial charge is 0.326 e. The number of carboxylic acids is 1. The van der Waals surface area contributed by atoms with Gasteiger partial charge in [-0.3, -0.25) is 4.79 Å². The fourth-order valence-electron chi connectivity index (χ4n) is 1.62. The van der Waals surface area contributed by atoms with E-state index in [1.165, 1.54) is 18.8 Å². The number of carbonyl (C=O) groups is 2. The van der Waals surface area contributed by atoms with Gasteiger partial charge in [-0.2, -0.15) is 0 Å². The molecule has 7 nitrogen and oxygen atoms in total. The lowest BCUT2D eigenvalue weighted by atomic mass is 10.1. The quantitative estimate of drug-likeness (QED) is 0.737. The lowest BCUT2D eigenvalue weighted by Gasteiger charge is -2.12. The Morgan fingerprint density at radius 2 is 2.37 bits per heavy atom. The Morgan fingerprint density at radius 3 is 2.89 bits per heavy atom. The van der Waals surface area contributed by atoms with Gasteiger partial charge in [-0.25, -0.2) is 9.78 Å². The van der Waals surface area contributed by atoms with Crippen molar-refractivity contribution in [1.82, 2.24) is 15.3 Å². The third-order valence-electron chi connectivity index (χ3n) is 2.58. The van der Waals surface area contributed by atoms with Crippen molar-refractivity contribution in [3.05, 3.63) is 41.9 Å². The third-order valence-corrected chi connectivity index (χ3v) is 2.58. The van der Waals surface area contributed by atoms with Crippen LogP contribution in [0.4, 0.5) is 0 Å². The molecule has 1 atom stereocenters. The van der Waals surface area contributed by atoms with Crippen LogP contribution in [-0.4, -0.2) is 33.0 Å². The lowest BCUT2D eigenvalue weighted by molar-refractivity contribution is -0.139. The average Bonchev–Trinajstić information content (AvgIpc) is 2.99. The summed E-state index contributed by atoms with van der Waals surface area (Å²) in [6, 6.07) is 0.521. The minimum atomic E-state index is -1.11. The number of aromatic amines is 1. The van der Waals surface area contributed by atoms with E-state index in [2.05, 4.69) is 15.3 Å². The SMILES string of the molecule is Cc1cc(C(=O)NC(Cc2cnc[nH]2)C(=O)O)co1. The van der Waals surface area contributed by atoms with Gasteiger partial charge in [-0.15, -0.1) is 0 Å². The molecule has 2 heterocycles. The number of rotatable bonds is 5. The first-order valence-corrected chi connectivity index (χ1v) is 5.62. The van der Waals surface area contributed by atoms with Crippen LogP contribution in [0, 0.1) is 6.92 Å². The molecule has 0 saturated carbocycles. The topological polar surface area (TPSA) is 108 Å². The van der Waals surface area contributed by atoms with E-state index < -0.39 is 17.9 Å². The highest BCUT2D eigenvalue weighted by Gasteiger charge is 2.22. The first-order chi connectivity index (χ1) is 9.06. The van der Waals surface area contributed by atoms with E-state index >= 15 is 0 Å². The van der Waals surface area contributed by atoms with Crippen molar-refractivity contribution < 1.29 is 19.1 Å². The summed E-state index contributed by atoms with van der Waals surface area (Å²) in [6.07, 6.45) is 4.40. The maximum Gasteiger partial charge on any atom is 0.326 e. The number of hydrogen-bond acceptors (Lipinski definition) is 4. The average molecular weight is 263 g/mol. The van der Waals surface area contributed by atoms with Gasteiger partial charge in [0.25, 0.3) is 5.91 Å². The summed E-state index contributed by atoms with van der Waals surface area (Å²) in [6.45, 7) is 1.70. The number of H-pyrrole nitrogens is 1. The normalized spacial score (nSPS) is 12.1. The molecule has 1 unspecified atom stereocenters. The molecule has 0 aliphatic carbocycles. The summed E-state index contributed by atoms with van der Waals surface area (Å²) < 4.78 is 5.01. The van der Waals surface area contributed by atoms with Crippen LogP contribution in [-0.2, 0) is 11.2 Å². The second-order valence-corrected chi connectivity index (χ2v) is 4.09. The van der Waals surface area contributed by atoms with Crippen LogP contribution in [0.1, 0.15) is 21.8 Å². The molecule has 2 rings (SSSR count). The van der Waals surface area contributed by atoms with Gasteiger partial charge in [0.1, 0.15) is 18.1 Å². The maximum absolute atomic E-state index is 11.8. The van der Waals surface area contributed by atoms with Crippen LogP contribution in [0.2, 0.25) is 0 Å². The zero-order chi connectivity index (χ0) is 13.8. The molecule has 0 fully saturated rings. The van der Waals surface area contributed by atoms with Crippen LogP contribution in [0.25, 0.3) is 0 Å². The molecular weight excluding hydrogens is 250 g/mol. The number of nitrogens with one attached hydrogen (secondary N) is 2. The van der Waals surface area contributed by atoms with E-state index in [1.807, 2.05) is 0 Å². The second kappa shape index (κ2) is 5.38. The summed E-state index contributed by atoms with van der Waals surface area (Å²) in [5.74, 6) is -1.00. The molecule has 2 aromatic rings. The molecule has 100 valence electrons. The molecule has 19 heavy (non-hydrogen) atoms. The summed E-state index contributed by atoms with van der Waals surface area (Å²) in [5, 5.41) is 11.5. The summed E-state index contributed by atoms with van der Waals surface area (Å²) in [7, 11) is 0. The number of aryl methyl sites for hydroxylation is 1. The number of amides is 1. The Labute approximate surface area is 108 Å². The number of nitrogens with zero attached hydrogens (tertiary/aromatic N) is 1. The van der Waals surface area contributed by atoms with E-state index in [-0.39, 0.29) is 6.42 Å². The van der Waals surface area contributed by atoms with E-state index in [1.54, 1.807) is 13.0 Å². The molecule has 0 aromatic carbocycles. The van der Waals surface area contributed by atoms with Crippen molar-refractivity contribution in [2.45, 2.75) is 19.4 Å². The number of aromatic nitrogens is 2. The fraction of sp³-hybridized carbons (Fsp3) is 0.250. The Bertz CT molecular complexity index is 574. The fourth-order valence-corrected chi connectivity index (χ4v) is 1.62. The van der Waals surface area contributed by atoms with Gasteiger partial charge in [0.15, 0.2) is 0 Å². The largest absolute Gasteiger partial charge is 0.480 e.